The minimum atomic E-state index is -1.20. The Hall–Kier alpha value is -3.36. The number of amides is 3. The highest BCUT2D eigenvalue weighted by Crippen LogP contribution is 2.38. The zero-order valence-electron chi connectivity index (χ0n) is 19.1. The molecular weight excluding hydrogens is 436 g/mol. The minimum Gasteiger partial charge on any atom is -0.480 e. The number of nitrogens with two attached hydrogens (primary N) is 1. The number of primary amides is 1. The molecule has 2 fully saturated rings. The van der Waals surface area contributed by atoms with Crippen molar-refractivity contribution >= 4 is 34.6 Å². The maximum atomic E-state index is 13.7. The predicted molar refractivity (Wildman–Crippen MR) is 126 cm³/mol. The van der Waals surface area contributed by atoms with Crippen molar-refractivity contribution in [3.05, 3.63) is 35.5 Å². The fraction of sp³-hybridized carbons (Fsp3) is 0.520. The van der Waals surface area contributed by atoms with Gasteiger partial charge in [-0.05, 0) is 31.2 Å². The van der Waals surface area contributed by atoms with Gasteiger partial charge in [-0.25, -0.2) is 4.79 Å². The number of benzene rings is 1. The molecule has 2 heterocycles. The standard InChI is InChI=1S/C25H32N4O5/c26-22(30)21-20(16-8-4-5-9-18(16)28-21)17(12-14-6-2-1-3-7-14)24(32)29-19(25(33)34)13-15-10-11-27-23(15)31/h4-5,8-9,14-15,17,19,28H,1-3,6-7,10-13H2,(H2,26,30)(H,27,31)(H,29,32)(H,33,34)/t15-,17-,19-/m0/s1. The van der Waals surface area contributed by atoms with Crippen LogP contribution in [0.25, 0.3) is 10.9 Å². The Morgan fingerprint density at radius 3 is 2.47 bits per heavy atom. The topological polar surface area (TPSA) is 154 Å². The Balaban J connectivity index is 1.67. The second-order valence-corrected chi connectivity index (χ2v) is 9.53. The molecule has 4 rings (SSSR count). The third kappa shape index (κ3) is 5.08. The number of fused-ring (bicyclic) bond motifs is 1. The van der Waals surface area contributed by atoms with Crippen molar-refractivity contribution in [3.63, 3.8) is 0 Å². The molecule has 6 N–H and O–H groups in total. The number of hydrogen-bond donors (Lipinski definition) is 5. The number of para-hydroxylation sites is 1. The van der Waals surface area contributed by atoms with Crippen molar-refractivity contribution in [2.24, 2.45) is 17.6 Å². The van der Waals surface area contributed by atoms with Gasteiger partial charge in [0.2, 0.25) is 11.8 Å². The van der Waals surface area contributed by atoms with Gasteiger partial charge in [-0.2, -0.15) is 0 Å². The van der Waals surface area contributed by atoms with Crippen molar-refractivity contribution in [1.82, 2.24) is 15.6 Å². The van der Waals surface area contributed by atoms with E-state index in [1.54, 1.807) is 0 Å². The highest BCUT2D eigenvalue weighted by atomic mass is 16.4. The normalized spacial score (nSPS) is 20.6. The number of aromatic amines is 1. The number of aliphatic carboxylic acids is 1. The van der Waals surface area contributed by atoms with Gasteiger partial charge in [0.25, 0.3) is 5.91 Å². The van der Waals surface area contributed by atoms with Crippen LogP contribution in [0.1, 0.15) is 73.3 Å². The Kier molecular flexibility index (Phi) is 7.19. The fourth-order valence-electron chi connectivity index (χ4n) is 5.48. The SMILES string of the molecule is NC(=O)c1[nH]c2ccccc2c1[C@H](CC1CCCCC1)C(=O)N[C@@H](C[C@@H]1CCNC1=O)C(=O)O. The van der Waals surface area contributed by atoms with Gasteiger partial charge in [-0.3, -0.25) is 14.4 Å². The first-order chi connectivity index (χ1) is 16.3. The average Bonchev–Trinajstić information content (AvgIpc) is 3.41. The molecule has 3 atom stereocenters. The van der Waals surface area contributed by atoms with Gasteiger partial charge in [0.15, 0.2) is 0 Å². The van der Waals surface area contributed by atoms with Crippen LogP contribution in [0.4, 0.5) is 0 Å². The van der Waals surface area contributed by atoms with Crippen molar-refractivity contribution in [2.75, 3.05) is 6.54 Å². The number of hydrogen-bond acceptors (Lipinski definition) is 4. The number of aromatic nitrogens is 1. The van der Waals surface area contributed by atoms with Crippen LogP contribution in [0.2, 0.25) is 0 Å². The number of rotatable bonds is 9. The fourth-order valence-corrected chi connectivity index (χ4v) is 5.48. The van der Waals surface area contributed by atoms with E-state index in [-0.39, 0.29) is 18.0 Å². The quantitative estimate of drug-likeness (QED) is 0.382. The summed E-state index contributed by atoms with van der Waals surface area (Å²) in [5.74, 6) is -3.38. The zero-order valence-corrected chi connectivity index (χ0v) is 19.1. The molecule has 1 saturated heterocycles. The summed E-state index contributed by atoms with van der Waals surface area (Å²) in [6.07, 6.45) is 6.39. The van der Waals surface area contributed by atoms with Crippen LogP contribution >= 0.6 is 0 Å². The summed E-state index contributed by atoms with van der Waals surface area (Å²) in [5.41, 5.74) is 7.08. The maximum absolute atomic E-state index is 13.7. The number of carbonyl (C=O) groups is 4. The second-order valence-electron chi connectivity index (χ2n) is 9.53. The summed E-state index contributed by atoms with van der Waals surface area (Å²) in [5, 5.41) is 15.9. The van der Waals surface area contributed by atoms with Crippen LogP contribution in [0.5, 0.6) is 0 Å². The van der Waals surface area contributed by atoms with E-state index in [4.69, 9.17) is 5.73 Å². The van der Waals surface area contributed by atoms with Gasteiger partial charge in [-0.1, -0.05) is 50.3 Å². The van der Waals surface area contributed by atoms with Crippen molar-refractivity contribution in [1.29, 1.82) is 0 Å². The van der Waals surface area contributed by atoms with E-state index in [2.05, 4.69) is 15.6 Å². The van der Waals surface area contributed by atoms with Crippen LogP contribution in [0.15, 0.2) is 24.3 Å². The molecule has 0 radical (unpaired) electrons. The molecule has 0 bridgehead atoms. The Bertz CT molecular complexity index is 1090. The first-order valence-electron chi connectivity index (χ1n) is 12.1. The van der Waals surface area contributed by atoms with E-state index in [0.717, 1.165) is 37.5 Å². The van der Waals surface area contributed by atoms with E-state index in [1.165, 1.54) is 0 Å². The molecular formula is C25H32N4O5. The molecule has 1 saturated carbocycles. The van der Waals surface area contributed by atoms with Crippen molar-refractivity contribution in [2.45, 2.75) is 63.3 Å². The Labute approximate surface area is 197 Å². The lowest BCUT2D eigenvalue weighted by atomic mass is 9.79. The number of H-pyrrole nitrogens is 1. The summed E-state index contributed by atoms with van der Waals surface area (Å²) in [4.78, 5) is 53.0. The van der Waals surface area contributed by atoms with E-state index >= 15 is 0 Å². The summed E-state index contributed by atoms with van der Waals surface area (Å²) >= 11 is 0. The van der Waals surface area contributed by atoms with Gasteiger partial charge in [0, 0.05) is 28.9 Å². The minimum absolute atomic E-state index is 0.0274. The lowest BCUT2D eigenvalue weighted by molar-refractivity contribution is -0.142. The van der Waals surface area contributed by atoms with Crippen molar-refractivity contribution < 1.29 is 24.3 Å². The molecule has 3 amide bonds. The van der Waals surface area contributed by atoms with E-state index in [0.29, 0.717) is 36.4 Å². The van der Waals surface area contributed by atoms with Gasteiger partial charge in [0.05, 0.1) is 5.92 Å². The predicted octanol–water partition coefficient (Wildman–Crippen LogP) is 2.42. The molecule has 34 heavy (non-hydrogen) atoms. The lowest BCUT2D eigenvalue weighted by Gasteiger charge is -2.28. The highest BCUT2D eigenvalue weighted by Gasteiger charge is 2.36. The number of carboxylic acids is 1. The smallest absolute Gasteiger partial charge is 0.326 e. The van der Waals surface area contributed by atoms with E-state index in [9.17, 15) is 24.3 Å². The maximum Gasteiger partial charge on any atom is 0.326 e. The zero-order chi connectivity index (χ0) is 24.2. The third-order valence-corrected chi connectivity index (χ3v) is 7.25. The second kappa shape index (κ2) is 10.3. The lowest BCUT2D eigenvalue weighted by Crippen LogP contribution is -2.45. The first-order valence-corrected chi connectivity index (χ1v) is 12.1. The molecule has 0 unspecified atom stereocenters. The average molecular weight is 469 g/mol. The van der Waals surface area contributed by atoms with Crippen molar-refractivity contribution in [3.8, 4) is 0 Å². The Morgan fingerprint density at radius 1 is 1.09 bits per heavy atom. The molecule has 182 valence electrons. The molecule has 0 spiro atoms. The molecule has 2 aromatic rings. The molecule has 9 nitrogen and oxygen atoms in total. The Morgan fingerprint density at radius 2 is 1.82 bits per heavy atom. The van der Waals surface area contributed by atoms with Crippen LogP contribution in [-0.4, -0.2) is 46.4 Å². The molecule has 1 aromatic carbocycles. The molecule has 1 aliphatic heterocycles. The molecule has 1 aliphatic carbocycles. The summed E-state index contributed by atoms with van der Waals surface area (Å²) < 4.78 is 0. The van der Waals surface area contributed by atoms with Gasteiger partial charge in [-0.15, -0.1) is 0 Å². The largest absolute Gasteiger partial charge is 0.480 e. The van der Waals surface area contributed by atoms with E-state index in [1.807, 2.05) is 24.3 Å². The number of nitrogens with one attached hydrogen (secondary N) is 3. The van der Waals surface area contributed by atoms with Gasteiger partial charge >= 0.3 is 5.97 Å². The van der Waals surface area contributed by atoms with Gasteiger partial charge in [0.1, 0.15) is 11.7 Å². The number of carbonyl (C=O) groups excluding carboxylic acids is 3. The molecule has 2 aliphatic rings. The van der Waals surface area contributed by atoms with Crippen LogP contribution in [0, 0.1) is 11.8 Å². The molecule has 9 heteroatoms. The summed E-state index contributed by atoms with van der Waals surface area (Å²) in [7, 11) is 0. The van der Waals surface area contributed by atoms with Crippen LogP contribution in [0.3, 0.4) is 0 Å². The first kappa shape index (κ1) is 23.8. The highest BCUT2D eigenvalue weighted by molar-refractivity contribution is 6.04. The van der Waals surface area contributed by atoms with E-state index < -0.39 is 35.7 Å². The number of carboxylic acid groups (broad SMARTS) is 1. The van der Waals surface area contributed by atoms with Crippen LogP contribution < -0.4 is 16.4 Å². The van der Waals surface area contributed by atoms with Crippen LogP contribution in [-0.2, 0) is 14.4 Å². The third-order valence-electron chi connectivity index (χ3n) is 7.25. The van der Waals surface area contributed by atoms with Gasteiger partial charge < -0.3 is 26.5 Å². The summed E-state index contributed by atoms with van der Waals surface area (Å²) in [6.45, 7) is 0.505. The monoisotopic (exact) mass is 468 g/mol. The summed E-state index contributed by atoms with van der Waals surface area (Å²) in [6, 6.07) is 6.12. The molecule has 1 aromatic heterocycles.